The number of likely N-dealkylation sites (tertiary alicyclic amines) is 1. The second kappa shape index (κ2) is 8.92. The molecule has 1 aliphatic carbocycles. The van der Waals surface area contributed by atoms with Crippen molar-refractivity contribution in [3.63, 3.8) is 0 Å². The van der Waals surface area contributed by atoms with E-state index >= 15 is 0 Å². The molecule has 2 nitrogen and oxygen atoms in total. The third-order valence-corrected chi connectivity index (χ3v) is 4.64. The lowest BCUT2D eigenvalue weighted by atomic mass is 9.97. The summed E-state index contributed by atoms with van der Waals surface area (Å²) in [6.07, 6.45) is 15.8. The molecular formula is C16H32N2. The first-order valence-electron chi connectivity index (χ1n) is 8.41. The van der Waals surface area contributed by atoms with Crippen LogP contribution in [0.5, 0.6) is 0 Å². The zero-order chi connectivity index (χ0) is 12.5. The summed E-state index contributed by atoms with van der Waals surface area (Å²) in [5.41, 5.74) is 0. The highest BCUT2D eigenvalue weighted by molar-refractivity contribution is 4.71. The highest BCUT2D eigenvalue weighted by atomic mass is 15.1. The van der Waals surface area contributed by atoms with E-state index in [-0.39, 0.29) is 0 Å². The van der Waals surface area contributed by atoms with Crippen LogP contribution in [0.3, 0.4) is 0 Å². The Kier molecular flexibility index (Phi) is 7.11. The summed E-state index contributed by atoms with van der Waals surface area (Å²) >= 11 is 0. The standard InChI is InChI=1S/C16H32N2/c1-2-5-10-16(11-6-3-1)17-12-9-15-18-13-7-4-8-14-18/h16-17H,1-15H2. The monoisotopic (exact) mass is 252 g/mol. The third kappa shape index (κ3) is 5.71. The van der Waals surface area contributed by atoms with Gasteiger partial charge in [-0.3, -0.25) is 0 Å². The van der Waals surface area contributed by atoms with Crippen molar-refractivity contribution >= 4 is 0 Å². The van der Waals surface area contributed by atoms with Crippen molar-refractivity contribution in [1.29, 1.82) is 0 Å². The molecule has 0 aromatic carbocycles. The van der Waals surface area contributed by atoms with E-state index in [9.17, 15) is 0 Å². The van der Waals surface area contributed by atoms with Crippen molar-refractivity contribution in [3.8, 4) is 0 Å². The summed E-state index contributed by atoms with van der Waals surface area (Å²) in [5.74, 6) is 0. The molecule has 2 aliphatic rings. The average molecular weight is 252 g/mol. The van der Waals surface area contributed by atoms with Crippen molar-refractivity contribution < 1.29 is 0 Å². The maximum absolute atomic E-state index is 3.80. The van der Waals surface area contributed by atoms with E-state index in [4.69, 9.17) is 0 Å². The van der Waals surface area contributed by atoms with Crippen molar-refractivity contribution in [1.82, 2.24) is 10.2 Å². The topological polar surface area (TPSA) is 15.3 Å². The van der Waals surface area contributed by atoms with E-state index in [0.717, 1.165) is 6.04 Å². The van der Waals surface area contributed by atoms with Crippen LogP contribution < -0.4 is 5.32 Å². The van der Waals surface area contributed by atoms with Crippen LogP contribution >= 0.6 is 0 Å². The van der Waals surface area contributed by atoms with Gasteiger partial charge in [0.1, 0.15) is 0 Å². The summed E-state index contributed by atoms with van der Waals surface area (Å²) in [5, 5.41) is 3.80. The summed E-state index contributed by atoms with van der Waals surface area (Å²) in [4.78, 5) is 2.66. The van der Waals surface area contributed by atoms with Gasteiger partial charge in [-0.25, -0.2) is 0 Å². The summed E-state index contributed by atoms with van der Waals surface area (Å²) < 4.78 is 0. The zero-order valence-corrected chi connectivity index (χ0v) is 12.1. The van der Waals surface area contributed by atoms with Crippen LogP contribution in [0, 0.1) is 0 Å². The number of nitrogens with one attached hydrogen (secondary N) is 1. The molecule has 0 amide bonds. The lowest BCUT2D eigenvalue weighted by Crippen LogP contribution is -2.35. The molecule has 0 aromatic rings. The molecule has 1 saturated heterocycles. The zero-order valence-electron chi connectivity index (χ0n) is 12.1. The van der Waals surface area contributed by atoms with Crippen molar-refractivity contribution in [2.75, 3.05) is 26.2 Å². The SMILES string of the molecule is C1CCCC(NCCCN2CCCCC2)CCC1. The average Bonchev–Trinajstić information content (AvgIpc) is 2.38. The van der Waals surface area contributed by atoms with Crippen LogP contribution in [0.25, 0.3) is 0 Å². The second-order valence-corrected chi connectivity index (χ2v) is 6.25. The lowest BCUT2D eigenvalue weighted by Gasteiger charge is -2.27. The van der Waals surface area contributed by atoms with Crippen LogP contribution in [0.15, 0.2) is 0 Å². The predicted octanol–water partition coefficient (Wildman–Crippen LogP) is 3.56. The van der Waals surface area contributed by atoms with E-state index in [0.29, 0.717) is 0 Å². The van der Waals surface area contributed by atoms with Crippen LogP contribution in [-0.2, 0) is 0 Å². The molecule has 0 atom stereocenters. The quantitative estimate of drug-likeness (QED) is 0.753. The minimum atomic E-state index is 0.826. The van der Waals surface area contributed by atoms with Crippen LogP contribution in [0.4, 0.5) is 0 Å². The Hall–Kier alpha value is -0.0800. The fourth-order valence-electron chi connectivity index (χ4n) is 3.45. The summed E-state index contributed by atoms with van der Waals surface area (Å²) in [6.45, 7) is 5.26. The largest absolute Gasteiger partial charge is 0.314 e. The Labute approximate surface area is 114 Å². The molecule has 0 radical (unpaired) electrons. The van der Waals surface area contributed by atoms with Crippen LogP contribution in [-0.4, -0.2) is 37.1 Å². The maximum atomic E-state index is 3.80. The van der Waals surface area contributed by atoms with E-state index in [2.05, 4.69) is 10.2 Å². The van der Waals surface area contributed by atoms with E-state index < -0.39 is 0 Å². The molecule has 2 fully saturated rings. The summed E-state index contributed by atoms with van der Waals surface area (Å²) in [7, 11) is 0. The number of hydrogen-bond donors (Lipinski definition) is 1. The van der Waals surface area contributed by atoms with Crippen molar-refractivity contribution in [2.45, 2.75) is 76.7 Å². The van der Waals surface area contributed by atoms with E-state index in [1.807, 2.05) is 0 Å². The molecule has 1 saturated carbocycles. The Bertz CT molecular complexity index is 191. The van der Waals surface area contributed by atoms with Gasteiger partial charge in [0.05, 0.1) is 0 Å². The van der Waals surface area contributed by atoms with Crippen LogP contribution in [0.2, 0.25) is 0 Å². The van der Waals surface area contributed by atoms with Gasteiger partial charge in [-0.05, 0) is 58.3 Å². The first-order valence-corrected chi connectivity index (χ1v) is 8.41. The smallest absolute Gasteiger partial charge is 0.00670 e. The van der Waals surface area contributed by atoms with Gasteiger partial charge in [-0.2, -0.15) is 0 Å². The lowest BCUT2D eigenvalue weighted by molar-refractivity contribution is 0.224. The number of piperidine rings is 1. The van der Waals surface area contributed by atoms with Gasteiger partial charge >= 0.3 is 0 Å². The van der Waals surface area contributed by atoms with Crippen molar-refractivity contribution in [3.05, 3.63) is 0 Å². The van der Waals surface area contributed by atoms with Crippen molar-refractivity contribution in [2.24, 2.45) is 0 Å². The molecule has 0 aromatic heterocycles. The molecule has 0 unspecified atom stereocenters. The highest BCUT2D eigenvalue weighted by Crippen LogP contribution is 2.17. The molecule has 0 bridgehead atoms. The molecule has 1 aliphatic heterocycles. The molecule has 106 valence electrons. The van der Waals surface area contributed by atoms with Gasteiger partial charge < -0.3 is 10.2 Å². The van der Waals surface area contributed by atoms with Gasteiger partial charge in [0.25, 0.3) is 0 Å². The minimum Gasteiger partial charge on any atom is -0.314 e. The second-order valence-electron chi connectivity index (χ2n) is 6.25. The first kappa shape index (κ1) is 14.3. The first-order chi connectivity index (χ1) is 8.95. The molecule has 2 rings (SSSR count). The minimum absolute atomic E-state index is 0.826. The normalized spacial score (nSPS) is 24.7. The van der Waals surface area contributed by atoms with Gasteiger partial charge in [0.2, 0.25) is 0 Å². The highest BCUT2D eigenvalue weighted by Gasteiger charge is 2.11. The molecule has 1 heterocycles. The molecule has 0 spiro atoms. The Morgan fingerprint density at radius 2 is 1.39 bits per heavy atom. The molecule has 18 heavy (non-hydrogen) atoms. The molecule has 2 heteroatoms. The Balaban J connectivity index is 1.50. The van der Waals surface area contributed by atoms with E-state index in [1.54, 1.807) is 0 Å². The molecule has 1 N–H and O–H groups in total. The molecular weight excluding hydrogens is 220 g/mol. The number of rotatable bonds is 5. The number of nitrogens with zero attached hydrogens (tertiary/aromatic N) is 1. The van der Waals surface area contributed by atoms with Gasteiger partial charge in [0, 0.05) is 6.04 Å². The van der Waals surface area contributed by atoms with Gasteiger partial charge in [-0.15, -0.1) is 0 Å². The Morgan fingerprint density at radius 3 is 2.11 bits per heavy atom. The third-order valence-electron chi connectivity index (χ3n) is 4.64. The van der Waals surface area contributed by atoms with Gasteiger partial charge in [-0.1, -0.05) is 38.5 Å². The maximum Gasteiger partial charge on any atom is 0.00670 e. The Morgan fingerprint density at radius 1 is 0.778 bits per heavy atom. The fourth-order valence-corrected chi connectivity index (χ4v) is 3.45. The number of hydrogen-bond acceptors (Lipinski definition) is 2. The van der Waals surface area contributed by atoms with Gasteiger partial charge in [0.15, 0.2) is 0 Å². The van der Waals surface area contributed by atoms with E-state index in [1.165, 1.54) is 96.8 Å². The summed E-state index contributed by atoms with van der Waals surface area (Å²) in [6, 6.07) is 0.826. The fraction of sp³-hybridized carbons (Fsp3) is 1.00. The predicted molar refractivity (Wildman–Crippen MR) is 79.0 cm³/mol. The van der Waals surface area contributed by atoms with Crippen LogP contribution in [0.1, 0.15) is 70.6 Å².